The van der Waals surface area contributed by atoms with Gasteiger partial charge < -0.3 is 19.3 Å². The van der Waals surface area contributed by atoms with Crippen LogP contribution in [0.4, 0.5) is 0 Å². The van der Waals surface area contributed by atoms with Gasteiger partial charge in [-0.05, 0) is 20.9 Å². The summed E-state index contributed by atoms with van der Waals surface area (Å²) in [6.07, 6.45) is -3.44. The van der Waals surface area contributed by atoms with Crippen molar-refractivity contribution in [1.29, 1.82) is 0 Å². The molecule has 1 aromatic rings. The third-order valence-electron chi connectivity index (χ3n) is 3.66. The molecule has 0 spiro atoms. The molecule has 4 atom stereocenters. The summed E-state index contributed by atoms with van der Waals surface area (Å²) in [6.45, 7) is 1.73. The number of aliphatic hydroxyl groups is 1. The highest BCUT2D eigenvalue weighted by Crippen LogP contribution is 2.33. The maximum absolute atomic E-state index is 12.3. The molecule has 0 radical (unpaired) electrons. The Balaban J connectivity index is 2.57. The van der Waals surface area contributed by atoms with Gasteiger partial charge in [0, 0.05) is 24.5 Å². The molecule has 0 unspecified atom stereocenters. The van der Waals surface area contributed by atoms with E-state index >= 15 is 0 Å². The molecule has 0 aliphatic carbocycles. The standard InChI is InChI=1S/C15H16Br2N2O8/c1-6(21)25-11-10(5-20)27-14(12(11)26-7(2)22)19-4-8(9(17)3-16)13(23)18-15(19)24/h3-4,10-12,14,20H,5H2,1-2H3,(H,18,23,24)/b9-3+/t10-,11-,12-,14-/m1/s1. The van der Waals surface area contributed by atoms with Crippen molar-refractivity contribution in [2.75, 3.05) is 6.61 Å². The Labute approximate surface area is 169 Å². The normalized spacial score (nSPS) is 25.3. The van der Waals surface area contributed by atoms with Crippen molar-refractivity contribution in [2.45, 2.75) is 38.4 Å². The lowest BCUT2D eigenvalue weighted by molar-refractivity contribution is -0.165. The van der Waals surface area contributed by atoms with Crippen molar-refractivity contribution in [2.24, 2.45) is 0 Å². The van der Waals surface area contributed by atoms with E-state index in [2.05, 4.69) is 36.8 Å². The molecule has 1 aliphatic heterocycles. The van der Waals surface area contributed by atoms with Gasteiger partial charge in [0.25, 0.3) is 5.56 Å². The van der Waals surface area contributed by atoms with Gasteiger partial charge in [-0.25, -0.2) is 4.79 Å². The maximum atomic E-state index is 12.3. The number of esters is 2. The van der Waals surface area contributed by atoms with Crippen molar-refractivity contribution < 1.29 is 28.9 Å². The lowest BCUT2D eigenvalue weighted by atomic mass is 10.1. The van der Waals surface area contributed by atoms with Gasteiger partial charge in [0.15, 0.2) is 18.4 Å². The van der Waals surface area contributed by atoms with Crippen LogP contribution in [0.5, 0.6) is 0 Å². The van der Waals surface area contributed by atoms with E-state index in [9.17, 15) is 24.3 Å². The van der Waals surface area contributed by atoms with Gasteiger partial charge >= 0.3 is 17.6 Å². The minimum atomic E-state index is -1.24. The zero-order valence-electron chi connectivity index (χ0n) is 14.2. The Morgan fingerprint density at radius 3 is 2.41 bits per heavy atom. The van der Waals surface area contributed by atoms with Crippen LogP contribution < -0.4 is 11.2 Å². The van der Waals surface area contributed by atoms with Crippen LogP contribution in [0.1, 0.15) is 25.6 Å². The van der Waals surface area contributed by atoms with Crippen LogP contribution in [0.25, 0.3) is 4.48 Å². The lowest BCUT2D eigenvalue weighted by Crippen LogP contribution is -2.42. The van der Waals surface area contributed by atoms with Gasteiger partial charge in [-0.15, -0.1) is 0 Å². The van der Waals surface area contributed by atoms with E-state index in [0.717, 1.165) is 18.4 Å². The Kier molecular flexibility index (Phi) is 7.14. The molecule has 1 aromatic heterocycles. The van der Waals surface area contributed by atoms with Crippen LogP contribution in [0.3, 0.4) is 0 Å². The maximum Gasteiger partial charge on any atom is 0.330 e. The highest BCUT2D eigenvalue weighted by Gasteiger charge is 2.50. The predicted octanol–water partition coefficient (Wildman–Crippen LogP) is 0.378. The second kappa shape index (κ2) is 8.95. The molecule has 1 fully saturated rings. The minimum Gasteiger partial charge on any atom is -0.456 e. The molecule has 1 saturated heterocycles. The monoisotopic (exact) mass is 510 g/mol. The fourth-order valence-corrected chi connectivity index (χ4v) is 3.16. The Morgan fingerprint density at radius 2 is 1.89 bits per heavy atom. The van der Waals surface area contributed by atoms with E-state index in [-0.39, 0.29) is 5.56 Å². The van der Waals surface area contributed by atoms with Crippen LogP contribution in [0.2, 0.25) is 0 Å². The van der Waals surface area contributed by atoms with E-state index < -0.39 is 54.3 Å². The topological polar surface area (TPSA) is 137 Å². The molecular formula is C15H16Br2N2O8. The number of carbonyl (C=O) groups is 2. The van der Waals surface area contributed by atoms with Crippen LogP contribution in [-0.4, -0.2) is 51.5 Å². The fourth-order valence-electron chi connectivity index (χ4n) is 2.63. The largest absolute Gasteiger partial charge is 0.456 e. The summed E-state index contributed by atoms with van der Waals surface area (Å²) < 4.78 is 17.3. The van der Waals surface area contributed by atoms with Crippen molar-refractivity contribution in [1.82, 2.24) is 9.55 Å². The number of ether oxygens (including phenoxy) is 3. The van der Waals surface area contributed by atoms with Gasteiger partial charge in [0.05, 0.1) is 12.2 Å². The molecule has 12 heteroatoms. The van der Waals surface area contributed by atoms with E-state index in [1.165, 1.54) is 11.2 Å². The number of carbonyl (C=O) groups excluding carboxylic acids is 2. The average molecular weight is 512 g/mol. The Morgan fingerprint density at radius 1 is 1.30 bits per heavy atom. The fraction of sp³-hybridized carbons (Fsp3) is 0.467. The second-order valence-corrected chi connectivity index (χ2v) is 6.87. The molecule has 148 valence electrons. The zero-order chi connectivity index (χ0) is 20.3. The van der Waals surface area contributed by atoms with E-state index in [4.69, 9.17) is 14.2 Å². The average Bonchev–Trinajstić information content (AvgIpc) is 2.90. The third-order valence-corrected chi connectivity index (χ3v) is 5.39. The summed E-state index contributed by atoms with van der Waals surface area (Å²) in [4.78, 5) is 50.8. The molecule has 2 heterocycles. The second-order valence-electron chi connectivity index (χ2n) is 5.56. The minimum absolute atomic E-state index is 0.0909. The first-order valence-corrected chi connectivity index (χ1v) is 9.33. The number of nitrogens with one attached hydrogen (secondary N) is 1. The molecule has 27 heavy (non-hydrogen) atoms. The number of aliphatic hydroxyl groups excluding tert-OH is 1. The number of aromatic nitrogens is 2. The third kappa shape index (κ3) is 4.75. The predicted molar refractivity (Wildman–Crippen MR) is 99.3 cm³/mol. The summed E-state index contributed by atoms with van der Waals surface area (Å²) in [5.41, 5.74) is -1.40. The molecule has 0 aromatic carbocycles. The van der Waals surface area contributed by atoms with Crippen LogP contribution >= 0.6 is 31.9 Å². The first-order chi connectivity index (χ1) is 12.7. The molecular weight excluding hydrogens is 496 g/mol. The van der Waals surface area contributed by atoms with E-state index in [0.29, 0.717) is 4.48 Å². The van der Waals surface area contributed by atoms with Crippen molar-refractivity contribution in [3.8, 4) is 0 Å². The van der Waals surface area contributed by atoms with Crippen molar-refractivity contribution >= 4 is 48.3 Å². The lowest BCUT2D eigenvalue weighted by Gasteiger charge is -2.23. The highest BCUT2D eigenvalue weighted by atomic mass is 79.9. The molecule has 2 rings (SSSR count). The molecule has 10 nitrogen and oxygen atoms in total. The van der Waals surface area contributed by atoms with Gasteiger partial charge in [0.1, 0.15) is 6.10 Å². The summed E-state index contributed by atoms with van der Waals surface area (Å²) in [6, 6.07) is 0. The number of aromatic amines is 1. The number of hydrogen-bond acceptors (Lipinski definition) is 8. The first-order valence-electron chi connectivity index (χ1n) is 7.62. The molecule has 0 bridgehead atoms. The van der Waals surface area contributed by atoms with Crippen LogP contribution in [-0.2, 0) is 23.8 Å². The number of rotatable bonds is 5. The van der Waals surface area contributed by atoms with Crippen LogP contribution in [0.15, 0.2) is 20.8 Å². The molecule has 0 amide bonds. The summed E-state index contributed by atoms with van der Waals surface area (Å²) >= 11 is 6.25. The van der Waals surface area contributed by atoms with Gasteiger partial charge in [0.2, 0.25) is 0 Å². The van der Waals surface area contributed by atoms with Gasteiger partial charge in [-0.2, -0.15) is 0 Å². The smallest absolute Gasteiger partial charge is 0.330 e. The number of hydrogen-bond donors (Lipinski definition) is 2. The van der Waals surface area contributed by atoms with Gasteiger partial charge in [-0.1, -0.05) is 15.9 Å². The Hall–Kier alpha value is -1.76. The quantitative estimate of drug-likeness (QED) is 0.541. The van der Waals surface area contributed by atoms with E-state index in [1.54, 1.807) is 0 Å². The van der Waals surface area contributed by atoms with Gasteiger partial charge in [-0.3, -0.25) is 23.9 Å². The highest BCUT2D eigenvalue weighted by molar-refractivity contribution is 9.16. The molecule has 1 aliphatic rings. The first kappa shape index (κ1) is 21.5. The van der Waals surface area contributed by atoms with E-state index in [1.807, 2.05) is 0 Å². The summed E-state index contributed by atoms with van der Waals surface area (Å²) in [5, 5.41) is 9.54. The van der Waals surface area contributed by atoms with Crippen molar-refractivity contribution in [3.63, 3.8) is 0 Å². The zero-order valence-corrected chi connectivity index (χ0v) is 17.4. The summed E-state index contributed by atoms with van der Waals surface area (Å²) in [7, 11) is 0. The number of halogens is 2. The molecule has 2 N–H and O–H groups in total. The summed E-state index contributed by atoms with van der Waals surface area (Å²) in [5.74, 6) is -1.39. The molecule has 0 saturated carbocycles. The number of nitrogens with zero attached hydrogens (tertiary/aromatic N) is 1. The van der Waals surface area contributed by atoms with Crippen LogP contribution in [0, 0.1) is 0 Å². The van der Waals surface area contributed by atoms with Crippen molar-refractivity contribution in [3.05, 3.63) is 37.6 Å². The number of H-pyrrole nitrogens is 1. The Bertz CT molecular complexity index is 877. The SMILES string of the molecule is CC(=O)O[C@@H]1[C@H](OC(C)=O)[C@@H](CO)O[C@H]1n1cc(/C(Br)=C\Br)c(=O)[nH]c1=O.